The van der Waals surface area contributed by atoms with Crippen molar-refractivity contribution in [3.63, 3.8) is 0 Å². The Balaban J connectivity index is 3.40. The summed E-state index contributed by atoms with van der Waals surface area (Å²) in [6.07, 6.45) is 3.49. The topological polar surface area (TPSA) is 72.8 Å². The number of rotatable bonds is 6. The maximum Gasteiger partial charge on any atom is 0.186 e. The van der Waals surface area contributed by atoms with Gasteiger partial charge in [-0.3, -0.25) is 10.9 Å². The third-order valence-electron chi connectivity index (χ3n) is 1.35. The quantitative estimate of drug-likeness (QED) is 0.235. The van der Waals surface area contributed by atoms with Crippen LogP contribution >= 0.6 is 36.2 Å². The molecule has 0 aromatic carbocycles. The van der Waals surface area contributed by atoms with E-state index in [1.165, 1.54) is 0 Å². The fraction of sp³-hybridized carbons (Fsp3) is 0.500. The van der Waals surface area contributed by atoms with Gasteiger partial charge in [-0.15, -0.1) is 0 Å². The molecule has 17 heavy (non-hydrogen) atoms. The molecule has 0 saturated heterocycles. The molecule has 0 saturated carbocycles. The number of thioether (sulfide) groups is 1. The Hall–Kier alpha value is -0.930. The normalized spacial score (nSPS) is 10.5. The van der Waals surface area contributed by atoms with Crippen molar-refractivity contribution >= 4 is 58.9 Å². The zero-order chi connectivity index (χ0) is 12.9. The van der Waals surface area contributed by atoms with Gasteiger partial charge < -0.3 is 10.6 Å². The molecule has 0 amide bonds. The van der Waals surface area contributed by atoms with Crippen molar-refractivity contribution in [3.05, 3.63) is 0 Å². The second kappa shape index (κ2) is 11.6. The molecule has 0 radical (unpaired) electrons. The Morgan fingerprint density at radius 3 is 1.76 bits per heavy atom. The van der Waals surface area contributed by atoms with Crippen LogP contribution in [0.3, 0.4) is 0 Å². The molecular formula is C8H16N6S3. The molecule has 6 nitrogen and oxygen atoms in total. The van der Waals surface area contributed by atoms with E-state index < -0.39 is 0 Å². The van der Waals surface area contributed by atoms with Crippen molar-refractivity contribution in [1.82, 2.24) is 21.5 Å². The SMILES string of the molecule is CNC(=S)N/N=C\CSC/C=N/NC(=S)NC. The van der Waals surface area contributed by atoms with E-state index in [0.717, 1.165) is 11.5 Å². The van der Waals surface area contributed by atoms with Crippen molar-refractivity contribution in [2.75, 3.05) is 25.6 Å². The summed E-state index contributed by atoms with van der Waals surface area (Å²) in [6.45, 7) is 0. The monoisotopic (exact) mass is 292 g/mol. The zero-order valence-electron chi connectivity index (χ0n) is 9.69. The smallest absolute Gasteiger partial charge is 0.186 e. The lowest BCUT2D eigenvalue weighted by atomic mass is 10.9. The van der Waals surface area contributed by atoms with Crippen LogP contribution in [-0.4, -0.2) is 48.3 Å². The van der Waals surface area contributed by atoms with E-state index >= 15 is 0 Å². The van der Waals surface area contributed by atoms with Gasteiger partial charge in [0.2, 0.25) is 0 Å². The molecule has 0 spiro atoms. The Labute approximate surface area is 116 Å². The van der Waals surface area contributed by atoms with E-state index in [1.807, 2.05) is 0 Å². The fourth-order valence-electron chi connectivity index (χ4n) is 0.568. The minimum absolute atomic E-state index is 0.498. The van der Waals surface area contributed by atoms with Crippen LogP contribution in [0, 0.1) is 0 Å². The van der Waals surface area contributed by atoms with E-state index in [-0.39, 0.29) is 0 Å². The third kappa shape index (κ3) is 11.3. The van der Waals surface area contributed by atoms with Gasteiger partial charge in [-0.25, -0.2) is 0 Å². The first-order chi connectivity index (χ1) is 8.20. The summed E-state index contributed by atoms with van der Waals surface area (Å²) in [5.74, 6) is 1.56. The molecule has 0 atom stereocenters. The van der Waals surface area contributed by atoms with E-state index in [0.29, 0.717) is 10.2 Å². The van der Waals surface area contributed by atoms with Crippen LogP contribution < -0.4 is 21.5 Å². The van der Waals surface area contributed by atoms with Gasteiger partial charge in [0.05, 0.1) is 0 Å². The van der Waals surface area contributed by atoms with Crippen LogP contribution in [0.2, 0.25) is 0 Å². The van der Waals surface area contributed by atoms with Crippen molar-refractivity contribution in [2.45, 2.75) is 0 Å². The van der Waals surface area contributed by atoms with Gasteiger partial charge >= 0.3 is 0 Å². The average Bonchev–Trinajstić information content (AvgIpc) is 2.35. The lowest BCUT2D eigenvalue weighted by Crippen LogP contribution is -2.28. The van der Waals surface area contributed by atoms with Gasteiger partial charge in [0.15, 0.2) is 10.2 Å². The first kappa shape index (κ1) is 16.1. The molecule has 0 bridgehead atoms. The highest BCUT2D eigenvalue weighted by Crippen LogP contribution is 1.93. The van der Waals surface area contributed by atoms with Gasteiger partial charge in [0, 0.05) is 38.0 Å². The molecule has 0 heterocycles. The molecule has 0 fully saturated rings. The lowest BCUT2D eigenvalue weighted by Gasteiger charge is -1.99. The predicted molar refractivity (Wildman–Crippen MR) is 83.9 cm³/mol. The molecule has 0 rings (SSSR count). The number of hydrazone groups is 2. The van der Waals surface area contributed by atoms with Crippen molar-refractivity contribution in [3.8, 4) is 0 Å². The Morgan fingerprint density at radius 2 is 1.41 bits per heavy atom. The number of thiocarbonyl (C=S) groups is 2. The minimum Gasteiger partial charge on any atom is -0.364 e. The summed E-state index contributed by atoms with van der Waals surface area (Å²) in [6, 6.07) is 0. The minimum atomic E-state index is 0.498. The molecule has 0 aliphatic heterocycles. The molecule has 9 heteroatoms. The summed E-state index contributed by atoms with van der Waals surface area (Å²) >= 11 is 11.3. The summed E-state index contributed by atoms with van der Waals surface area (Å²) in [7, 11) is 3.47. The maximum absolute atomic E-state index is 4.84. The second-order valence-electron chi connectivity index (χ2n) is 2.54. The van der Waals surface area contributed by atoms with Crippen LogP contribution in [0.5, 0.6) is 0 Å². The summed E-state index contributed by atoms with van der Waals surface area (Å²) < 4.78 is 0. The number of nitrogens with one attached hydrogen (secondary N) is 4. The highest BCUT2D eigenvalue weighted by atomic mass is 32.2. The maximum atomic E-state index is 4.84. The Kier molecular flexibility index (Phi) is 10.9. The molecule has 0 aliphatic rings. The van der Waals surface area contributed by atoms with Crippen LogP contribution in [-0.2, 0) is 0 Å². The van der Waals surface area contributed by atoms with Gasteiger partial charge in [0.25, 0.3) is 0 Å². The first-order valence-corrected chi connectivity index (χ1v) is 6.74. The van der Waals surface area contributed by atoms with E-state index in [2.05, 4.69) is 31.7 Å². The second-order valence-corrected chi connectivity index (χ2v) is 4.43. The molecule has 0 aromatic rings. The highest BCUT2D eigenvalue weighted by Gasteiger charge is 1.86. The summed E-state index contributed by atoms with van der Waals surface area (Å²) in [4.78, 5) is 0. The predicted octanol–water partition coefficient (Wildman–Crippen LogP) is -0.121. The van der Waals surface area contributed by atoms with Crippen LogP contribution in [0.4, 0.5) is 0 Å². The molecule has 0 aromatic heterocycles. The van der Waals surface area contributed by atoms with E-state index in [1.54, 1.807) is 38.3 Å². The van der Waals surface area contributed by atoms with Gasteiger partial charge in [0.1, 0.15) is 0 Å². The number of hydrogen-bond donors (Lipinski definition) is 4. The summed E-state index contributed by atoms with van der Waals surface area (Å²) in [5, 5.41) is 14.3. The van der Waals surface area contributed by atoms with Gasteiger partial charge in [-0.2, -0.15) is 22.0 Å². The summed E-state index contributed by atoms with van der Waals surface area (Å²) in [5.41, 5.74) is 5.32. The van der Waals surface area contributed by atoms with Crippen LogP contribution in [0.1, 0.15) is 0 Å². The average molecular weight is 292 g/mol. The van der Waals surface area contributed by atoms with Crippen molar-refractivity contribution < 1.29 is 0 Å². The van der Waals surface area contributed by atoms with Gasteiger partial charge in [-0.1, -0.05) is 0 Å². The fourth-order valence-corrected chi connectivity index (χ4v) is 1.17. The first-order valence-electron chi connectivity index (χ1n) is 4.77. The van der Waals surface area contributed by atoms with E-state index in [4.69, 9.17) is 24.4 Å². The molecule has 4 N–H and O–H groups in total. The Morgan fingerprint density at radius 1 is 1.00 bits per heavy atom. The van der Waals surface area contributed by atoms with Gasteiger partial charge in [-0.05, 0) is 24.4 Å². The lowest BCUT2D eigenvalue weighted by molar-refractivity contribution is 0.980. The number of nitrogens with zero attached hydrogens (tertiary/aromatic N) is 2. The molecule has 0 unspecified atom stereocenters. The molecule has 0 aliphatic carbocycles. The highest BCUT2D eigenvalue weighted by molar-refractivity contribution is 8.00. The van der Waals surface area contributed by atoms with Crippen molar-refractivity contribution in [1.29, 1.82) is 0 Å². The van der Waals surface area contributed by atoms with Crippen LogP contribution in [0.15, 0.2) is 10.2 Å². The van der Waals surface area contributed by atoms with E-state index in [9.17, 15) is 0 Å². The largest absolute Gasteiger partial charge is 0.364 e. The molecular weight excluding hydrogens is 276 g/mol. The molecule has 96 valence electrons. The standard InChI is InChI=1S/C8H16N6S3/c1-9-7(15)13-11-3-5-17-6-4-12-14-8(16)10-2/h3-4H,5-6H2,1-2H3,(H2,9,13,15)(H2,10,14,16)/b11-3-,12-4+. The third-order valence-corrected chi connectivity index (χ3v) is 2.71. The Bertz CT molecular complexity index is 263. The van der Waals surface area contributed by atoms with Crippen molar-refractivity contribution in [2.24, 2.45) is 10.2 Å². The number of hydrogen-bond acceptors (Lipinski definition) is 5. The van der Waals surface area contributed by atoms with Crippen LogP contribution in [0.25, 0.3) is 0 Å². The zero-order valence-corrected chi connectivity index (χ0v) is 12.1.